The van der Waals surface area contributed by atoms with Crippen molar-refractivity contribution in [1.82, 2.24) is 10.6 Å². The molecule has 0 aromatic carbocycles. The Hall–Kier alpha value is -0.340. The van der Waals surface area contributed by atoms with E-state index in [1.165, 1.54) is 5.57 Å². The Morgan fingerprint density at radius 3 is 2.58 bits per heavy atom. The summed E-state index contributed by atoms with van der Waals surface area (Å²) >= 11 is 0. The monoisotopic (exact) mass is 453 g/mol. The molecule has 0 spiro atoms. The third-order valence-corrected chi connectivity index (χ3v) is 4.85. The van der Waals surface area contributed by atoms with Crippen LogP contribution in [0.3, 0.4) is 0 Å². The Morgan fingerprint density at radius 1 is 1.29 bits per heavy atom. The molecule has 6 heteroatoms. The van der Waals surface area contributed by atoms with Crippen molar-refractivity contribution in [2.45, 2.75) is 52.9 Å². The van der Waals surface area contributed by atoms with Gasteiger partial charge in [-0.15, -0.1) is 24.0 Å². The summed E-state index contributed by atoms with van der Waals surface area (Å²) in [7, 11) is 0. The maximum absolute atomic E-state index is 9.32. The number of aliphatic imine (C=N–C) groups is 1. The maximum Gasteiger partial charge on any atom is 0.191 e. The summed E-state index contributed by atoms with van der Waals surface area (Å²) in [6.45, 7) is 10.8. The Morgan fingerprint density at radius 2 is 2.04 bits per heavy atom. The molecule has 5 nitrogen and oxygen atoms in total. The molecule has 0 saturated carbocycles. The molecule has 0 amide bonds. The van der Waals surface area contributed by atoms with E-state index in [0.29, 0.717) is 0 Å². The molecule has 1 aliphatic rings. The molecule has 0 bridgehead atoms. The van der Waals surface area contributed by atoms with Gasteiger partial charge in [-0.3, -0.25) is 4.99 Å². The molecule has 1 rings (SSSR count). The van der Waals surface area contributed by atoms with Gasteiger partial charge in [0.05, 0.1) is 13.2 Å². The van der Waals surface area contributed by atoms with Gasteiger partial charge >= 0.3 is 0 Å². The van der Waals surface area contributed by atoms with E-state index in [2.05, 4.69) is 37.5 Å². The van der Waals surface area contributed by atoms with E-state index in [0.717, 1.165) is 70.9 Å². The van der Waals surface area contributed by atoms with E-state index in [4.69, 9.17) is 9.73 Å². The first kappa shape index (κ1) is 23.7. The minimum Gasteiger partial charge on any atom is -0.396 e. The third kappa shape index (κ3) is 8.67. The van der Waals surface area contributed by atoms with Gasteiger partial charge in [-0.2, -0.15) is 0 Å². The smallest absolute Gasteiger partial charge is 0.191 e. The van der Waals surface area contributed by atoms with Gasteiger partial charge in [0.25, 0.3) is 0 Å². The molecule has 0 radical (unpaired) electrons. The summed E-state index contributed by atoms with van der Waals surface area (Å²) in [5, 5.41) is 16.1. The number of ether oxygens (including phenoxy) is 1. The van der Waals surface area contributed by atoms with Crippen LogP contribution < -0.4 is 10.6 Å². The molecule has 0 aliphatic carbocycles. The fourth-order valence-electron chi connectivity index (χ4n) is 2.87. The summed E-state index contributed by atoms with van der Waals surface area (Å²) in [4.78, 5) is 4.77. The van der Waals surface area contributed by atoms with E-state index < -0.39 is 0 Å². The van der Waals surface area contributed by atoms with E-state index in [1.54, 1.807) is 0 Å². The predicted octanol–water partition coefficient (Wildman–Crippen LogP) is 3.09. The van der Waals surface area contributed by atoms with Gasteiger partial charge < -0.3 is 20.5 Å². The second-order valence-corrected chi connectivity index (χ2v) is 6.24. The lowest BCUT2D eigenvalue weighted by Crippen LogP contribution is -2.39. The first-order chi connectivity index (χ1) is 11.2. The lowest BCUT2D eigenvalue weighted by atomic mass is 9.79. The van der Waals surface area contributed by atoms with Crippen molar-refractivity contribution >= 4 is 29.9 Å². The number of aliphatic hydroxyl groups is 1. The van der Waals surface area contributed by atoms with Crippen molar-refractivity contribution in [3.8, 4) is 0 Å². The third-order valence-electron chi connectivity index (χ3n) is 4.85. The predicted molar refractivity (Wildman–Crippen MR) is 112 cm³/mol. The largest absolute Gasteiger partial charge is 0.396 e. The number of guanidine groups is 1. The van der Waals surface area contributed by atoms with Gasteiger partial charge in [0.2, 0.25) is 0 Å². The second kappa shape index (κ2) is 13.9. The standard InChI is InChI=1S/C18H35N3O2.HI/c1-4-18(5-2,10-12-22)15-21-17(19-6-3)20-11-7-16-8-13-23-14-9-16;/h8,22H,4-7,9-15H2,1-3H3,(H2,19,20,21);1H. The van der Waals surface area contributed by atoms with Gasteiger partial charge in [-0.1, -0.05) is 25.5 Å². The maximum atomic E-state index is 9.32. The average Bonchev–Trinajstić information content (AvgIpc) is 2.59. The van der Waals surface area contributed by atoms with Crippen LogP contribution in [0.5, 0.6) is 0 Å². The number of halogens is 1. The van der Waals surface area contributed by atoms with Gasteiger partial charge in [-0.05, 0) is 44.4 Å². The van der Waals surface area contributed by atoms with Crippen LogP contribution in [0.4, 0.5) is 0 Å². The Kier molecular flexibility index (Phi) is 13.7. The number of nitrogens with one attached hydrogen (secondary N) is 2. The number of nitrogens with zero attached hydrogens (tertiary/aromatic N) is 1. The highest BCUT2D eigenvalue weighted by Gasteiger charge is 2.25. The summed E-state index contributed by atoms with van der Waals surface area (Å²) in [6, 6.07) is 0. The highest BCUT2D eigenvalue weighted by atomic mass is 127. The number of hydrogen-bond acceptors (Lipinski definition) is 3. The molecule has 0 aromatic rings. The fraction of sp³-hybridized carbons (Fsp3) is 0.833. The van der Waals surface area contributed by atoms with Crippen molar-refractivity contribution in [3.05, 3.63) is 11.6 Å². The minimum absolute atomic E-state index is 0. The first-order valence-electron chi connectivity index (χ1n) is 9.08. The summed E-state index contributed by atoms with van der Waals surface area (Å²) in [5.74, 6) is 0.879. The number of rotatable bonds is 10. The van der Waals surface area contributed by atoms with Crippen LogP contribution in [0, 0.1) is 5.41 Å². The average molecular weight is 453 g/mol. The van der Waals surface area contributed by atoms with Crippen molar-refractivity contribution in [2.24, 2.45) is 10.4 Å². The molecule has 0 atom stereocenters. The molecule has 0 aromatic heterocycles. The van der Waals surface area contributed by atoms with Crippen LogP contribution in [-0.4, -0.2) is 50.5 Å². The fourth-order valence-corrected chi connectivity index (χ4v) is 2.87. The molecule has 1 heterocycles. The highest BCUT2D eigenvalue weighted by Crippen LogP contribution is 2.30. The molecular formula is C18H36IN3O2. The first-order valence-corrected chi connectivity index (χ1v) is 9.08. The van der Waals surface area contributed by atoms with Crippen LogP contribution in [0.25, 0.3) is 0 Å². The number of aliphatic hydroxyl groups excluding tert-OH is 1. The van der Waals surface area contributed by atoms with Crippen LogP contribution in [0.15, 0.2) is 16.6 Å². The molecule has 0 saturated heterocycles. The summed E-state index contributed by atoms with van der Waals surface area (Å²) in [6.07, 6.45) is 7.17. The van der Waals surface area contributed by atoms with Crippen molar-refractivity contribution in [1.29, 1.82) is 0 Å². The van der Waals surface area contributed by atoms with Crippen LogP contribution in [-0.2, 0) is 4.74 Å². The van der Waals surface area contributed by atoms with Gasteiger partial charge in [0, 0.05) is 26.2 Å². The minimum atomic E-state index is 0. The lowest BCUT2D eigenvalue weighted by Gasteiger charge is -2.29. The van der Waals surface area contributed by atoms with E-state index in [9.17, 15) is 5.11 Å². The topological polar surface area (TPSA) is 65.9 Å². The molecular weight excluding hydrogens is 417 g/mol. The Labute approximate surface area is 164 Å². The Balaban J connectivity index is 0.00000529. The zero-order chi connectivity index (χ0) is 17.0. The number of hydrogen-bond donors (Lipinski definition) is 3. The van der Waals surface area contributed by atoms with Crippen molar-refractivity contribution in [3.63, 3.8) is 0 Å². The summed E-state index contributed by atoms with van der Waals surface area (Å²) < 4.78 is 5.34. The van der Waals surface area contributed by atoms with E-state index >= 15 is 0 Å². The van der Waals surface area contributed by atoms with Crippen LogP contribution in [0.1, 0.15) is 52.9 Å². The normalized spacial score (nSPS) is 15.5. The SMILES string of the molecule is CCNC(=NCC(CC)(CC)CCO)NCCC1=CCOCC1.I. The molecule has 3 N–H and O–H groups in total. The molecule has 142 valence electrons. The second-order valence-electron chi connectivity index (χ2n) is 6.24. The summed E-state index contributed by atoms with van der Waals surface area (Å²) in [5.41, 5.74) is 1.58. The van der Waals surface area contributed by atoms with Gasteiger partial charge in [0.15, 0.2) is 5.96 Å². The highest BCUT2D eigenvalue weighted by molar-refractivity contribution is 14.0. The Bertz CT molecular complexity index is 382. The van der Waals surface area contributed by atoms with E-state index in [-0.39, 0.29) is 36.0 Å². The molecule has 24 heavy (non-hydrogen) atoms. The van der Waals surface area contributed by atoms with Crippen LogP contribution in [0.2, 0.25) is 0 Å². The van der Waals surface area contributed by atoms with E-state index in [1.807, 2.05) is 0 Å². The lowest BCUT2D eigenvalue weighted by molar-refractivity contribution is 0.153. The van der Waals surface area contributed by atoms with Crippen molar-refractivity contribution < 1.29 is 9.84 Å². The zero-order valence-electron chi connectivity index (χ0n) is 15.6. The molecule has 1 aliphatic heterocycles. The van der Waals surface area contributed by atoms with Crippen molar-refractivity contribution in [2.75, 3.05) is 39.5 Å². The quantitative estimate of drug-likeness (QED) is 0.206. The van der Waals surface area contributed by atoms with Gasteiger partial charge in [-0.25, -0.2) is 0 Å². The molecule has 0 unspecified atom stereocenters. The van der Waals surface area contributed by atoms with Gasteiger partial charge in [0.1, 0.15) is 0 Å². The zero-order valence-corrected chi connectivity index (χ0v) is 17.9. The van der Waals surface area contributed by atoms with Crippen LogP contribution >= 0.6 is 24.0 Å². The molecule has 0 fully saturated rings.